The van der Waals surface area contributed by atoms with E-state index in [0.29, 0.717) is 19.5 Å². The van der Waals surface area contributed by atoms with Crippen molar-refractivity contribution in [3.8, 4) is 0 Å². The van der Waals surface area contributed by atoms with Crippen molar-refractivity contribution < 1.29 is 10.2 Å². The van der Waals surface area contributed by atoms with Gasteiger partial charge in [0.25, 0.3) is 0 Å². The second kappa shape index (κ2) is 7.33. The minimum absolute atomic E-state index is 0.171. The van der Waals surface area contributed by atoms with Crippen LogP contribution in [0.3, 0.4) is 0 Å². The van der Waals surface area contributed by atoms with Crippen molar-refractivity contribution in [3.05, 3.63) is 11.9 Å². The van der Waals surface area contributed by atoms with Gasteiger partial charge in [0.1, 0.15) is 0 Å². The molecule has 0 bridgehead atoms. The third kappa shape index (κ3) is 4.87. The Labute approximate surface area is 88.9 Å². The molecule has 1 aromatic heterocycles. The molecule has 0 atom stereocenters. The Morgan fingerprint density at radius 3 is 2.80 bits per heavy atom. The maximum absolute atomic E-state index is 8.64. The largest absolute Gasteiger partial charge is 0.396 e. The second-order valence-electron chi connectivity index (χ2n) is 3.30. The van der Waals surface area contributed by atoms with E-state index in [4.69, 9.17) is 10.2 Å². The van der Waals surface area contributed by atoms with E-state index < -0.39 is 0 Å². The lowest BCUT2D eigenvalue weighted by atomic mass is 10.4. The predicted octanol–water partition coefficient (Wildman–Crippen LogP) is -0.867. The van der Waals surface area contributed by atoms with Gasteiger partial charge in [-0.05, 0) is 19.4 Å². The standard InChI is InChI=1S/C9H18N4O2/c14-5-1-3-10-7-9-8-13(12-11-9)4-2-6-15/h8,10,14-15H,1-7H2. The Morgan fingerprint density at radius 1 is 1.27 bits per heavy atom. The summed E-state index contributed by atoms with van der Waals surface area (Å²) < 4.78 is 1.72. The molecular weight excluding hydrogens is 196 g/mol. The van der Waals surface area contributed by atoms with Gasteiger partial charge in [-0.15, -0.1) is 5.10 Å². The number of aliphatic hydroxyl groups is 2. The van der Waals surface area contributed by atoms with E-state index in [0.717, 1.165) is 18.7 Å². The fourth-order valence-corrected chi connectivity index (χ4v) is 1.18. The van der Waals surface area contributed by atoms with E-state index >= 15 is 0 Å². The van der Waals surface area contributed by atoms with Gasteiger partial charge in [-0.25, -0.2) is 0 Å². The molecule has 0 aliphatic heterocycles. The van der Waals surface area contributed by atoms with Gasteiger partial charge in [-0.3, -0.25) is 4.68 Å². The fourth-order valence-electron chi connectivity index (χ4n) is 1.18. The SMILES string of the molecule is OCCCNCc1cn(CCCO)nn1. The highest BCUT2D eigenvalue weighted by atomic mass is 16.3. The first-order chi connectivity index (χ1) is 7.36. The third-order valence-electron chi connectivity index (χ3n) is 1.95. The van der Waals surface area contributed by atoms with Crippen LogP contribution in [-0.2, 0) is 13.1 Å². The highest BCUT2D eigenvalue weighted by Crippen LogP contribution is 1.94. The molecule has 0 fully saturated rings. The summed E-state index contributed by atoms with van der Waals surface area (Å²) in [5.74, 6) is 0. The van der Waals surface area contributed by atoms with Gasteiger partial charge < -0.3 is 15.5 Å². The minimum atomic E-state index is 0.171. The van der Waals surface area contributed by atoms with Crippen LogP contribution in [0.4, 0.5) is 0 Å². The Morgan fingerprint density at radius 2 is 2.07 bits per heavy atom. The zero-order chi connectivity index (χ0) is 10.9. The number of nitrogens with one attached hydrogen (secondary N) is 1. The van der Waals surface area contributed by atoms with Crippen LogP contribution in [-0.4, -0.2) is 45.0 Å². The minimum Gasteiger partial charge on any atom is -0.396 e. The number of aryl methyl sites for hydroxylation is 1. The van der Waals surface area contributed by atoms with E-state index in [9.17, 15) is 0 Å². The van der Waals surface area contributed by atoms with Gasteiger partial charge in [-0.1, -0.05) is 5.21 Å². The quantitative estimate of drug-likeness (QED) is 0.490. The molecule has 0 spiro atoms. The third-order valence-corrected chi connectivity index (χ3v) is 1.95. The molecule has 0 unspecified atom stereocenters. The van der Waals surface area contributed by atoms with Crippen LogP contribution < -0.4 is 5.32 Å². The van der Waals surface area contributed by atoms with Crippen LogP contribution in [0, 0.1) is 0 Å². The lowest BCUT2D eigenvalue weighted by Gasteiger charge is -1.99. The van der Waals surface area contributed by atoms with E-state index in [1.54, 1.807) is 4.68 Å². The number of aliphatic hydroxyl groups excluding tert-OH is 2. The highest BCUT2D eigenvalue weighted by molar-refractivity contribution is 4.91. The average molecular weight is 214 g/mol. The van der Waals surface area contributed by atoms with Gasteiger partial charge in [0.15, 0.2) is 0 Å². The molecule has 0 aliphatic carbocycles. The maximum atomic E-state index is 8.64. The summed E-state index contributed by atoms with van der Waals surface area (Å²) in [7, 11) is 0. The van der Waals surface area contributed by atoms with Crippen LogP contribution >= 0.6 is 0 Å². The lowest BCUT2D eigenvalue weighted by Crippen LogP contribution is -2.15. The van der Waals surface area contributed by atoms with Crippen molar-refractivity contribution in [3.63, 3.8) is 0 Å². The molecule has 1 aromatic rings. The summed E-state index contributed by atoms with van der Waals surface area (Å²) in [5.41, 5.74) is 0.880. The van der Waals surface area contributed by atoms with Crippen molar-refractivity contribution >= 4 is 0 Å². The normalized spacial score (nSPS) is 10.8. The molecule has 0 aliphatic rings. The maximum Gasteiger partial charge on any atom is 0.0964 e. The first kappa shape index (κ1) is 12.1. The molecule has 15 heavy (non-hydrogen) atoms. The van der Waals surface area contributed by atoms with Crippen molar-refractivity contribution in [1.29, 1.82) is 0 Å². The van der Waals surface area contributed by atoms with Crippen LogP contribution in [0.2, 0.25) is 0 Å². The summed E-state index contributed by atoms with van der Waals surface area (Å²) in [4.78, 5) is 0. The van der Waals surface area contributed by atoms with Gasteiger partial charge in [0.05, 0.1) is 5.69 Å². The van der Waals surface area contributed by atoms with Gasteiger partial charge in [0, 0.05) is 32.5 Å². The Hall–Kier alpha value is -0.980. The smallest absolute Gasteiger partial charge is 0.0964 e. The number of hydrogen-bond acceptors (Lipinski definition) is 5. The van der Waals surface area contributed by atoms with E-state index in [1.165, 1.54) is 0 Å². The number of rotatable bonds is 8. The Balaban J connectivity index is 2.20. The Kier molecular flexibility index (Phi) is 5.91. The van der Waals surface area contributed by atoms with E-state index in [1.807, 2.05) is 6.20 Å². The number of nitrogens with zero attached hydrogens (tertiary/aromatic N) is 3. The summed E-state index contributed by atoms with van der Waals surface area (Å²) in [6.07, 6.45) is 3.31. The topological polar surface area (TPSA) is 83.2 Å². The molecule has 0 saturated heterocycles. The van der Waals surface area contributed by atoms with Gasteiger partial charge in [-0.2, -0.15) is 0 Å². The summed E-state index contributed by atoms with van der Waals surface area (Å²) in [5, 5.41) is 28.2. The van der Waals surface area contributed by atoms with Crippen molar-refractivity contribution in [2.75, 3.05) is 19.8 Å². The first-order valence-electron chi connectivity index (χ1n) is 5.18. The molecule has 1 rings (SSSR count). The molecule has 3 N–H and O–H groups in total. The molecule has 0 saturated carbocycles. The Bertz CT molecular complexity index is 264. The van der Waals surface area contributed by atoms with Crippen LogP contribution in [0.5, 0.6) is 0 Å². The number of hydrogen-bond donors (Lipinski definition) is 3. The molecule has 6 nitrogen and oxygen atoms in total. The molecule has 6 heteroatoms. The van der Waals surface area contributed by atoms with Crippen LogP contribution in [0.1, 0.15) is 18.5 Å². The molecule has 0 aromatic carbocycles. The second-order valence-corrected chi connectivity index (χ2v) is 3.30. The lowest BCUT2D eigenvalue weighted by molar-refractivity contribution is 0.276. The zero-order valence-electron chi connectivity index (χ0n) is 8.76. The molecule has 86 valence electrons. The van der Waals surface area contributed by atoms with Crippen LogP contribution in [0.25, 0.3) is 0 Å². The fraction of sp³-hybridized carbons (Fsp3) is 0.778. The van der Waals surface area contributed by atoms with Crippen LogP contribution in [0.15, 0.2) is 6.20 Å². The average Bonchev–Trinajstić information content (AvgIpc) is 2.69. The zero-order valence-corrected chi connectivity index (χ0v) is 8.76. The molecule has 0 radical (unpaired) electrons. The molecule has 0 amide bonds. The monoisotopic (exact) mass is 214 g/mol. The molecule has 1 heterocycles. The number of aromatic nitrogens is 3. The van der Waals surface area contributed by atoms with Crippen molar-refractivity contribution in [2.24, 2.45) is 0 Å². The summed E-state index contributed by atoms with van der Waals surface area (Å²) in [6.45, 7) is 2.51. The summed E-state index contributed by atoms with van der Waals surface area (Å²) >= 11 is 0. The predicted molar refractivity (Wildman–Crippen MR) is 55.1 cm³/mol. The summed E-state index contributed by atoms with van der Waals surface area (Å²) in [6, 6.07) is 0. The first-order valence-corrected chi connectivity index (χ1v) is 5.18. The van der Waals surface area contributed by atoms with Crippen molar-refractivity contribution in [2.45, 2.75) is 25.9 Å². The van der Waals surface area contributed by atoms with E-state index in [2.05, 4.69) is 15.6 Å². The molecular formula is C9H18N4O2. The van der Waals surface area contributed by atoms with Gasteiger partial charge in [0.2, 0.25) is 0 Å². The van der Waals surface area contributed by atoms with Crippen molar-refractivity contribution in [1.82, 2.24) is 20.3 Å². The van der Waals surface area contributed by atoms with E-state index in [-0.39, 0.29) is 13.2 Å². The highest BCUT2D eigenvalue weighted by Gasteiger charge is 1.99. The van der Waals surface area contributed by atoms with Gasteiger partial charge >= 0.3 is 0 Å².